The van der Waals surface area contributed by atoms with E-state index in [2.05, 4.69) is 46.8 Å². The van der Waals surface area contributed by atoms with Gasteiger partial charge in [0.2, 0.25) is 0 Å². The summed E-state index contributed by atoms with van der Waals surface area (Å²) < 4.78 is 35.9. The van der Waals surface area contributed by atoms with Gasteiger partial charge in [0.05, 0.1) is 6.10 Å². The predicted molar refractivity (Wildman–Crippen MR) is 119 cm³/mol. The summed E-state index contributed by atoms with van der Waals surface area (Å²) >= 11 is 0. The topological polar surface area (TPSA) is 54.9 Å². The number of aliphatic imine (C=N–C) groups is 1. The second-order valence-electron chi connectivity index (χ2n) is 7.76. The molecule has 1 aliphatic rings. The van der Waals surface area contributed by atoms with Crippen molar-refractivity contribution in [3.8, 4) is 5.75 Å². The molecule has 7 heteroatoms. The molecule has 168 valence electrons. The Kier molecular flexibility index (Phi) is 8.64. The first kappa shape index (κ1) is 23.0. The third-order valence-electron chi connectivity index (χ3n) is 5.34. The van der Waals surface area contributed by atoms with Gasteiger partial charge in [0, 0.05) is 32.7 Å². The van der Waals surface area contributed by atoms with Gasteiger partial charge in [0.1, 0.15) is 12.4 Å². The van der Waals surface area contributed by atoms with Gasteiger partial charge in [-0.15, -0.1) is 0 Å². The van der Waals surface area contributed by atoms with Crippen LogP contribution in [0.1, 0.15) is 35.6 Å². The van der Waals surface area contributed by atoms with E-state index in [-0.39, 0.29) is 6.10 Å². The smallest absolute Gasteiger partial charge is 0.272 e. The highest BCUT2D eigenvalue weighted by molar-refractivity contribution is 5.79. The first-order valence-electron chi connectivity index (χ1n) is 10.7. The maximum absolute atomic E-state index is 12.3. The van der Waals surface area contributed by atoms with Crippen LogP contribution in [0.4, 0.5) is 8.78 Å². The van der Waals surface area contributed by atoms with Crippen molar-refractivity contribution in [2.75, 3.05) is 26.8 Å². The van der Waals surface area contributed by atoms with Crippen molar-refractivity contribution in [3.05, 3.63) is 65.2 Å². The van der Waals surface area contributed by atoms with Gasteiger partial charge in [0.25, 0.3) is 6.43 Å². The van der Waals surface area contributed by atoms with Gasteiger partial charge in [-0.05, 0) is 43.0 Å². The molecule has 1 aliphatic heterocycles. The molecule has 5 nitrogen and oxygen atoms in total. The first-order chi connectivity index (χ1) is 15.0. The van der Waals surface area contributed by atoms with Gasteiger partial charge in [-0.3, -0.25) is 4.99 Å². The third kappa shape index (κ3) is 7.21. The van der Waals surface area contributed by atoms with Crippen molar-refractivity contribution < 1.29 is 18.3 Å². The number of guanidine groups is 1. The summed E-state index contributed by atoms with van der Waals surface area (Å²) in [7, 11) is 1.73. The third-order valence-corrected chi connectivity index (χ3v) is 5.34. The Morgan fingerprint density at radius 1 is 1.19 bits per heavy atom. The molecule has 2 aromatic carbocycles. The highest BCUT2D eigenvalue weighted by Crippen LogP contribution is 2.33. The van der Waals surface area contributed by atoms with Gasteiger partial charge < -0.3 is 20.1 Å². The summed E-state index contributed by atoms with van der Waals surface area (Å²) in [5.41, 5.74) is 3.37. The van der Waals surface area contributed by atoms with Crippen LogP contribution in [0.25, 0.3) is 0 Å². The molecule has 1 fully saturated rings. The number of rotatable bonds is 8. The first-order valence-corrected chi connectivity index (χ1v) is 10.7. The van der Waals surface area contributed by atoms with E-state index < -0.39 is 13.0 Å². The predicted octanol–water partition coefficient (Wildman–Crippen LogP) is 4.47. The average Bonchev–Trinajstić information content (AvgIpc) is 2.79. The maximum atomic E-state index is 12.3. The number of hydrogen-bond donors (Lipinski definition) is 2. The highest BCUT2D eigenvalue weighted by Gasteiger charge is 2.27. The number of nitrogens with one attached hydrogen (secondary N) is 2. The standard InChI is InChI=1S/C24H31F2N3O2/c1-17-8-10-19(11-9-17)23-20(6-4-12-30-23)15-29-24(27-2)28-14-18-5-3-7-21(13-18)31-16-22(25)26/h3,5,7-11,13,20,22-23H,4,6,12,14-16H2,1-2H3,(H2,27,28,29). The fourth-order valence-corrected chi connectivity index (χ4v) is 3.72. The average molecular weight is 432 g/mol. The van der Waals surface area contributed by atoms with Crippen LogP contribution in [0, 0.1) is 12.8 Å². The van der Waals surface area contributed by atoms with Gasteiger partial charge in [-0.1, -0.05) is 42.0 Å². The maximum Gasteiger partial charge on any atom is 0.272 e. The lowest BCUT2D eigenvalue weighted by molar-refractivity contribution is -0.0265. The lowest BCUT2D eigenvalue weighted by atomic mass is 9.89. The fourth-order valence-electron chi connectivity index (χ4n) is 3.72. The second kappa shape index (κ2) is 11.6. The molecule has 2 atom stereocenters. The van der Waals surface area contributed by atoms with Gasteiger partial charge in [0.15, 0.2) is 5.96 Å². The van der Waals surface area contributed by atoms with Crippen molar-refractivity contribution in [1.29, 1.82) is 0 Å². The number of halogens is 2. The molecule has 3 rings (SSSR count). The molecule has 0 aromatic heterocycles. The van der Waals surface area contributed by atoms with Crippen LogP contribution in [-0.4, -0.2) is 39.2 Å². The number of alkyl halides is 2. The number of nitrogens with zero attached hydrogens (tertiary/aromatic N) is 1. The molecule has 2 N–H and O–H groups in total. The van der Waals surface area contributed by atoms with Crippen LogP contribution in [0.3, 0.4) is 0 Å². The normalized spacial score (nSPS) is 19.3. The van der Waals surface area contributed by atoms with Crippen molar-refractivity contribution in [2.24, 2.45) is 10.9 Å². The van der Waals surface area contributed by atoms with Gasteiger partial charge >= 0.3 is 0 Å². The summed E-state index contributed by atoms with van der Waals surface area (Å²) in [4.78, 5) is 4.30. The molecule has 0 amide bonds. The zero-order valence-electron chi connectivity index (χ0n) is 18.1. The van der Waals surface area contributed by atoms with Crippen LogP contribution in [0.2, 0.25) is 0 Å². The summed E-state index contributed by atoms with van der Waals surface area (Å²) in [6, 6.07) is 15.7. The quantitative estimate of drug-likeness (QED) is 0.478. The number of hydrogen-bond acceptors (Lipinski definition) is 3. The molecule has 31 heavy (non-hydrogen) atoms. The van der Waals surface area contributed by atoms with Gasteiger partial charge in [-0.25, -0.2) is 8.78 Å². The van der Waals surface area contributed by atoms with Crippen molar-refractivity contribution >= 4 is 5.96 Å². The molecule has 0 spiro atoms. The minimum Gasteiger partial charge on any atom is -0.488 e. The van der Waals surface area contributed by atoms with Gasteiger partial charge in [-0.2, -0.15) is 0 Å². The molecule has 0 radical (unpaired) electrons. The van der Waals surface area contributed by atoms with E-state index in [4.69, 9.17) is 9.47 Å². The van der Waals surface area contributed by atoms with Crippen LogP contribution in [0.15, 0.2) is 53.5 Å². The van der Waals surface area contributed by atoms with E-state index in [9.17, 15) is 8.78 Å². The van der Waals surface area contributed by atoms with E-state index in [0.29, 0.717) is 24.2 Å². The van der Waals surface area contributed by atoms with Crippen molar-refractivity contribution in [3.63, 3.8) is 0 Å². The van der Waals surface area contributed by atoms with Crippen molar-refractivity contribution in [1.82, 2.24) is 10.6 Å². The van der Waals surface area contributed by atoms with E-state index in [1.54, 1.807) is 25.2 Å². The van der Waals surface area contributed by atoms with E-state index in [0.717, 1.165) is 31.6 Å². The van der Waals surface area contributed by atoms with E-state index in [1.165, 1.54) is 11.1 Å². The minimum absolute atomic E-state index is 0.0728. The molecule has 0 aliphatic carbocycles. The second-order valence-corrected chi connectivity index (χ2v) is 7.76. The molecular weight excluding hydrogens is 400 g/mol. The molecule has 1 heterocycles. The summed E-state index contributed by atoms with van der Waals surface area (Å²) in [6.07, 6.45) is -0.279. The Morgan fingerprint density at radius 2 is 2.00 bits per heavy atom. The Hall–Kier alpha value is -2.67. The fraction of sp³-hybridized carbons (Fsp3) is 0.458. The minimum atomic E-state index is -2.49. The van der Waals surface area contributed by atoms with Crippen LogP contribution in [0.5, 0.6) is 5.75 Å². The van der Waals surface area contributed by atoms with Crippen LogP contribution >= 0.6 is 0 Å². The summed E-state index contributed by atoms with van der Waals surface area (Å²) in [5, 5.41) is 6.68. The molecule has 2 aromatic rings. The zero-order chi connectivity index (χ0) is 22.1. The lowest BCUT2D eigenvalue weighted by Gasteiger charge is -2.32. The number of benzene rings is 2. The molecule has 0 saturated carbocycles. The van der Waals surface area contributed by atoms with Crippen LogP contribution < -0.4 is 15.4 Å². The molecular formula is C24H31F2N3O2. The Morgan fingerprint density at radius 3 is 2.74 bits per heavy atom. The number of ether oxygens (including phenoxy) is 2. The SMILES string of the molecule is CN=C(NCc1cccc(OCC(F)F)c1)NCC1CCCOC1c1ccc(C)cc1. The molecule has 0 bridgehead atoms. The van der Waals surface area contributed by atoms with Crippen molar-refractivity contribution in [2.45, 2.75) is 38.8 Å². The molecule has 2 unspecified atom stereocenters. The lowest BCUT2D eigenvalue weighted by Crippen LogP contribution is -2.41. The Balaban J connectivity index is 1.52. The summed E-state index contributed by atoms with van der Waals surface area (Å²) in [6.45, 7) is 3.52. The van der Waals surface area contributed by atoms with E-state index >= 15 is 0 Å². The van der Waals surface area contributed by atoms with Crippen LogP contribution in [-0.2, 0) is 11.3 Å². The monoisotopic (exact) mass is 431 g/mol. The van der Waals surface area contributed by atoms with E-state index in [1.807, 2.05) is 6.07 Å². The zero-order valence-corrected chi connectivity index (χ0v) is 18.1. The summed E-state index contributed by atoms with van der Waals surface area (Å²) in [5.74, 6) is 1.47. The Bertz CT molecular complexity index is 843. The Labute approximate surface area is 182 Å². The molecule has 1 saturated heterocycles. The number of aryl methyl sites for hydroxylation is 1. The largest absolute Gasteiger partial charge is 0.488 e. The highest BCUT2D eigenvalue weighted by atomic mass is 19.3.